The number of nitrogens with one attached hydrogen (secondary N) is 1. The number of halogens is 1. The lowest BCUT2D eigenvalue weighted by atomic mass is 9.98. The number of benzene rings is 2. The zero-order valence-corrected chi connectivity index (χ0v) is 15.6. The summed E-state index contributed by atoms with van der Waals surface area (Å²) in [6.07, 6.45) is 2.14. The lowest BCUT2D eigenvalue weighted by molar-refractivity contribution is -0.137. The van der Waals surface area contributed by atoms with Gasteiger partial charge in [0.15, 0.2) is 0 Å². The van der Waals surface area contributed by atoms with Gasteiger partial charge in [0.25, 0.3) is 0 Å². The Hall–Kier alpha value is -2.34. The van der Waals surface area contributed by atoms with Crippen molar-refractivity contribution in [2.75, 3.05) is 6.26 Å². The SMILES string of the molecule is CSc1ccc(C(CC(=O)O)NC(=O)C(C)Cc2cccc(F)c2)cc1. The number of hydrogen-bond donors (Lipinski definition) is 2. The average Bonchev–Trinajstić information content (AvgIpc) is 2.60. The lowest BCUT2D eigenvalue weighted by Crippen LogP contribution is -2.34. The highest BCUT2D eigenvalue weighted by atomic mass is 32.2. The third-order valence-corrected chi connectivity index (χ3v) is 4.84. The Morgan fingerprint density at radius 3 is 2.46 bits per heavy atom. The van der Waals surface area contributed by atoms with Crippen molar-refractivity contribution in [3.63, 3.8) is 0 Å². The molecule has 0 spiro atoms. The highest BCUT2D eigenvalue weighted by Crippen LogP contribution is 2.22. The van der Waals surface area contributed by atoms with E-state index in [0.717, 1.165) is 16.0 Å². The first-order chi connectivity index (χ1) is 12.4. The smallest absolute Gasteiger partial charge is 0.305 e. The van der Waals surface area contributed by atoms with E-state index < -0.39 is 17.9 Å². The Bertz CT molecular complexity index is 764. The first-order valence-electron chi connectivity index (χ1n) is 8.29. The standard InChI is InChI=1S/C20H22FNO3S/c1-13(10-14-4-3-5-16(21)11-14)20(25)22-18(12-19(23)24)15-6-8-17(26-2)9-7-15/h3-9,11,13,18H,10,12H2,1-2H3,(H,22,25)(H,23,24). The summed E-state index contributed by atoms with van der Waals surface area (Å²) < 4.78 is 13.3. The summed E-state index contributed by atoms with van der Waals surface area (Å²) in [4.78, 5) is 24.8. The van der Waals surface area contributed by atoms with Crippen LogP contribution in [-0.4, -0.2) is 23.2 Å². The summed E-state index contributed by atoms with van der Waals surface area (Å²) in [5, 5.41) is 12.0. The monoisotopic (exact) mass is 375 g/mol. The van der Waals surface area contributed by atoms with Crippen LogP contribution in [0.4, 0.5) is 4.39 Å². The second-order valence-corrected chi connectivity index (χ2v) is 7.05. The van der Waals surface area contributed by atoms with Crippen molar-refractivity contribution in [3.05, 3.63) is 65.5 Å². The van der Waals surface area contributed by atoms with Crippen molar-refractivity contribution in [1.29, 1.82) is 0 Å². The van der Waals surface area contributed by atoms with Gasteiger partial charge in [-0.1, -0.05) is 31.2 Å². The molecule has 2 aromatic carbocycles. The largest absolute Gasteiger partial charge is 0.481 e. The summed E-state index contributed by atoms with van der Waals surface area (Å²) >= 11 is 1.59. The highest BCUT2D eigenvalue weighted by molar-refractivity contribution is 7.98. The number of carboxylic acid groups (broad SMARTS) is 1. The molecule has 0 bridgehead atoms. The van der Waals surface area contributed by atoms with Crippen LogP contribution in [0, 0.1) is 11.7 Å². The third kappa shape index (κ3) is 5.88. The number of rotatable bonds is 8. The molecule has 1 amide bonds. The molecular weight excluding hydrogens is 353 g/mol. The van der Waals surface area contributed by atoms with E-state index in [0.29, 0.717) is 6.42 Å². The minimum absolute atomic E-state index is 0.197. The summed E-state index contributed by atoms with van der Waals surface area (Å²) in [7, 11) is 0. The van der Waals surface area contributed by atoms with E-state index in [1.165, 1.54) is 12.1 Å². The number of carboxylic acids is 1. The molecule has 0 saturated carbocycles. The molecule has 6 heteroatoms. The fraction of sp³-hybridized carbons (Fsp3) is 0.300. The Morgan fingerprint density at radius 1 is 1.19 bits per heavy atom. The van der Waals surface area contributed by atoms with Gasteiger partial charge in [0.2, 0.25) is 5.91 Å². The van der Waals surface area contributed by atoms with Crippen LogP contribution in [0.5, 0.6) is 0 Å². The van der Waals surface area contributed by atoms with E-state index in [-0.39, 0.29) is 18.1 Å². The number of carbonyl (C=O) groups is 2. The van der Waals surface area contributed by atoms with E-state index in [1.54, 1.807) is 30.8 Å². The van der Waals surface area contributed by atoms with Gasteiger partial charge in [-0.25, -0.2) is 4.39 Å². The maximum atomic E-state index is 13.3. The minimum atomic E-state index is -0.984. The Balaban J connectivity index is 2.08. The van der Waals surface area contributed by atoms with Gasteiger partial charge in [-0.05, 0) is 48.1 Å². The van der Waals surface area contributed by atoms with E-state index in [1.807, 2.05) is 30.5 Å². The molecule has 0 aliphatic carbocycles. The molecule has 4 nitrogen and oxygen atoms in total. The summed E-state index contributed by atoms with van der Waals surface area (Å²) in [6, 6.07) is 13.0. The molecular formula is C20H22FNO3S. The summed E-state index contributed by atoms with van der Waals surface area (Å²) in [5.41, 5.74) is 1.48. The van der Waals surface area contributed by atoms with Crippen LogP contribution >= 0.6 is 11.8 Å². The van der Waals surface area contributed by atoms with Crippen molar-refractivity contribution >= 4 is 23.6 Å². The van der Waals surface area contributed by atoms with Gasteiger partial charge in [0.05, 0.1) is 12.5 Å². The van der Waals surface area contributed by atoms with Crippen molar-refractivity contribution in [3.8, 4) is 0 Å². The van der Waals surface area contributed by atoms with Crippen LogP contribution in [0.1, 0.15) is 30.5 Å². The van der Waals surface area contributed by atoms with E-state index in [4.69, 9.17) is 5.11 Å². The van der Waals surface area contributed by atoms with Crippen LogP contribution in [0.25, 0.3) is 0 Å². The molecule has 2 N–H and O–H groups in total. The average molecular weight is 375 g/mol. The fourth-order valence-corrected chi connectivity index (χ4v) is 3.10. The van der Waals surface area contributed by atoms with Gasteiger partial charge < -0.3 is 10.4 Å². The zero-order valence-electron chi connectivity index (χ0n) is 14.7. The minimum Gasteiger partial charge on any atom is -0.481 e. The van der Waals surface area contributed by atoms with E-state index in [2.05, 4.69) is 5.32 Å². The van der Waals surface area contributed by atoms with Crippen LogP contribution in [-0.2, 0) is 16.0 Å². The number of hydrogen-bond acceptors (Lipinski definition) is 3. The van der Waals surface area contributed by atoms with Gasteiger partial charge in [0, 0.05) is 10.8 Å². The predicted octanol–water partition coefficient (Wildman–Crippen LogP) is 4.06. The second kappa shape index (κ2) is 9.38. The first kappa shape index (κ1) is 20.0. The molecule has 2 aromatic rings. The van der Waals surface area contributed by atoms with Crippen molar-refractivity contribution in [1.82, 2.24) is 5.32 Å². The molecule has 2 unspecified atom stereocenters. The van der Waals surface area contributed by atoms with Crippen LogP contribution in [0.15, 0.2) is 53.4 Å². The van der Waals surface area contributed by atoms with Crippen LogP contribution in [0.2, 0.25) is 0 Å². The molecule has 0 heterocycles. The maximum absolute atomic E-state index is 13.3. The predicted molar refractivity (Wildman–Crippen MR) is 101 cm³/mol. The highest BCUT2D eigenvalue weighted by Gasteiger charge is 2.21. The maximum Gasteiger partial charge on any atom is 0.305 e. The van der Waals surface area contributed by atoms with Gasteiger partial charge in [-0.15, -0.1) is 11.8 Å². The number of thioether (sulfide) groups is 1. The van der Waals surface area contributed by atoms with Crippen molar-refractivity contribution in [2.45, 2.75) is 30.7 Å². The topological polar surface area (TPSA) is 66.4 Å². The summed E-state index contributed by atoms with van der Waals surface area (Å²) in [5.74, 6) is -1.98. The van der Waals surface area contributed by atoms with E-state index >= 15 is 0 Å². The lowest BCUT2D eigenvalue weighted by Gasteiger charge is -2.20. The molecule has 2 atom stereocenters. The molecule has 26 heavy (non-hydrogen) atoms. The molecule has 2 rings (SSSR count). The number of amides is 1. The third-order valence-electron chi connectivity index (χ3n) is 4.09. The van der Waals surface area contributed by atoms with Crippen LogP contribution < -0.4 is 5.32 Å². The van der Waals surface area contributed by atoms with Crippen molar-refractivity contribution < 1.29 is 19.1 Å². The van der Waals surface area contributed by atoms with Gasteiger partial charge in [-0.3, -0.25) is 9.59 Å². The molecule has 0 saturated heterocycles. The molecule has 0 aliphatic heterocycles. The Morgan fingerprint density at radius 2 is 1.88 bits per heavy atom. The second-order valence-electron chi connectivity index (χ2n) is 6.17. The van der Waals surface area contributed by atoms with Gasteiger partial charge >= 0.3 is 5.97 Å². The van der Waals surface area contributed by atoms with Crippen LogP contribution in [0.3, 0.4) is 0 Å². The van der Waals surface area contributed by atoms with Crippen molar-refractivity contribution in [2.24, 2.45) is 5.92 Å². The fourth-order valence-electron chi connectivity index (χ4n) is 2.69. The molecule has 138 valence electrons. The quantitative estimate of drug-likeness (QED) is 0.683. The molecule has 0 radical (unpaired) electrons. The Kier molecular flexibility index (Phi) is 7.21. The summed E-state index contributed by atoms with van der Waals surface area (Å²) in [6.45, 7) is 1.74. The van der Waals surface area contributed by atoms with E-state index in [9.17, 15) is 14.0 Å². The number of carbonyl (C=O) groups excluding carboxylic acids is 1. The normalized spacial score (nSPS) is 13.0. The van der Waals surface area contributed by atoms with Gasteiger partial charge in [0.1, 0.15) is 5.82 Å². The van der Waals surface area contributed by atoms with Gasteiger partial charge in [-0.2, -0.15) is 0 Å². The molecule has 0 aromatic heterocycles. The molecule has 0 fully saturated rings. The zero-order chi connectivity index (χ0) is 19.1. The number of aliphatic carboxylic acids is 1. The Labute approximate surface area is 156 Å². The first-order valence-corrected chi connectivity index (χ1v) is 9.52. The molecule has 0 aliphatic rings.